The van der Waals surface area contributed by atoms with Crippen molar-refractivity contribution in [1.29, 1.82) is 0 Å². The molecule has 0 bridgehead atoms. The number of guanidine groups is 1. The third kappa shape index (κ3) is 6.67. The van der Waals surface area contributed by atoms with Crippen molar-refractivity contribution in [2.45, 2.75) is 77.4 Å². The van der Waals surface area contributed by atoms with E-state index in [1.807, 2.05) is 25.5 Å². The van der Waals surface area contributed by atoms with Crippen molar-refractivity contribution in [3.8, 4) is 0 Å². The van der Waals surface area contributed by atoms with Crippen molar-refractivity contribution < 1.29 is 4.74 Å². The van der Waals surface area contributed by atoms with Gasteiger partial charge in [0, 0.05) is 52.0 Å². The number of nitrogens with zero attached hydrogens (tertiary/aromatic N) is 5. The summed E-state index contributed by atoms with van der Waals surface area (Å²) in [5.74, 6) is 2.67. The van der Waals surface area contributed by atoms with Crippen LogP contribution in [0.1, 0.15) is 63.5 Å². The van der Waals surface area contributed by atoms with E-state index in [0.717, 1.165) is 49.8 Å². The number of aromatic nitrogens is 3. The van der Waals surface area contributed by atoms with E-state index in [9.17, 15) is 0 Å². The van der Waals surface area contributed by atoms with E-state index in [2.05, 4.69) is 25.7 Å². The molecule has 164 valence electrons. The average Bonchev–Trinajstić information content (AvgIpc) is 3.38. The van der Waals surface area contributed by atoms with Crippen LogP contribution in [0.5, 0.6) is 0 Å². The van der Waals surface area contributed by atoms with Gasteiger partial charge in [0.2, 0.25) is 0 Å². The van der Waals surface area contributed by atoms with E-state index in [4.69, 9.17) is 9.73 Å². The zero-order valence-electron chi connectivity index (χ0n) is 18.5. The molecule has 8 nitrogen and oxygen atoms in total. The molecule has 0 atom stereocenters. The van der Waals surface area contributed by atoms with Gasteiger partial charge in [0.15, 0.2) is 11.8 Å². The van der Waals surface area contributed by atoms with Crippen LogP contribution in [0, 0.1) is 6.92 Å². The van der Waals surface area contributed by atoms with Crippen molar-refractivity contribution in [2.24, 2.45) is 12.0 Å². The first-order valence-electron chi connectivity index (χ1n) is 11.4. The highest BCUT2D eigenvalue weighted by Crippen LogP contribution is 2.26. The number of rotatable bonds is 9. The molecule has 1 aromatic heterocycles. The van der Waals surface area contributed by atoms with E-state index in [1.165, 1.54) is 51.6 Å². The lowest BCUT2D eigenvalue weighted by molar-refractivity contribution is 0.145. The molecule has 2 aliphatic rings. The van der Waals surface area contributed by atoms with Gasteiger partial charge < -0.3 is 24.8 Å². The molecular formula is C21H39N7O. The van der Waals surface area contributed by atoms with Gasteiger partial charge in [-0.25, -0.2) is 4.99 Å². The Kier molecular flexibility index (Phi) is 8.73. The Labute approximate surface area is 175 Å². The number of ether oxygens (including phenoxy) is 1. The van der Waals surface area contributed by atoms with Gasteiger partial charge in [-0.05, 0) is 46.0 Å². The van der Waals surface area contributed by atoms with Gasteiger partial charge in [-0.3, -0.25) is 0 Å². The van der Waals surface area contributed by atoms with E-state index in [-0.39, 0.29) is 0 Å². The van der Waals surface area contributed by atoms with Gasteiger partial charge in [0.1, 0.15) is 12.4 Å². The van der Waals surface area contributed by atoms with E-state index < -0.39 is 0 Å². The van der Waals surface area contributed by atoms with Crippen LogP contribution in [0.4, 0.5) is 0 Å². The Morgan fingerprint density at radius 1 is 1.17 bits per heavy atom. The highest BCUT2D eigenvalue weighted by atomic mass is 16.5. The summed E-state index contributed by atoms with van der Waals surface area (Å²) in [5.41, 5.74) is 0. The molecule has 3 rings (SSSR count). The van der Waals surface area contributed by atoms with E-state index in [1.54, 1.807) is 0 Å². The summed E-state index contributed by atoms with van der Waals surface area (Å²) in [6.45, 7) is 9.31. The normalized spacial score (nSPS) is 19.8. The predicted molar refractivity (Wildman–Crippen MR) is 116 cm³/mol. The molecule has 1 saturated carbocycles. The summed E-state index contributed by atoms with van der Waals surface area (Å²) in [5, 5.41) is 15.5. The number of aliphatic imine (C=N–C) groups is 1. The Morgan fingerprint density at radius 3 is 2.59 bits per heavy atom. The van der Waals surface area contributed by atoms with Gasteiger partial charge >= 0.3 is 0 Å². The molecule has 0 amide bonds. The van der Waals surface area contributed by atoms with Crippen LogP contribution in [0.15, 0.2) is 4.99 Å². The molecule has 0 radical (unpaired) electrons. The Hall–Kier alpha value is -1.67. The molecule has 2 heterocycles. The third-order valence-electron chi connectivity index (χ3n) is 6.23. The van der Waals surface area contributed by atoms with Crippen LogP contribution in [0.3, 0.4) is 0 Å². The largest absolute Gasteiger partial charge is 0.382 e. The minimum Gasteiger partial charge on any atom is -0.382 e. The molecule has 8 heteroatoms. The molecular weight excluding hydrogens is 366 g/mol. The maximum absolute atomic E-state index is 5.45. The van der Waals surface area contributed by atoms with Crippen LogP contribution >= 0.6 is 0 Å². The first-order chi connectivity index (χ1) is 14.2. The molecule has 0 spiro atoms. The highest BCUT2D eigenvalue weighted by molar-refractivity contribution is 5.80. The molecule has 1 saturated heterocycles. The van der Waals surface area contributed by atoms with E-state index in [0.29, 0.717) is 12.6 Å². The molecule has 1 aliphatic carbocycles. The quantitative estimate of drug-likeness (QED) is 0.372. The van der Waals surface area contributed by atoms with Crippen molar-refractivity contribution in [3.63, 3.8) is 0 Å². The Bertz CT molecular complexity index is 631. The summed E-state index contributed by atoms with van der Waals surface area (Å²) in [6.07, 6.45) is 8.93. The standard InChI is InChI=1S/C21H39N7O/c1-4-29-15-7-12-22-21(23-16-20-26-25-17(2)27(20)3)24-18-10-13-28(14-11-18)19-8-5-6-9-19/h18-19H,4-16H2,1-3H3,(H2,22,23,24). The molecule has 0 unspecified atom stereocenters. The van der Waals surface area contributed by atoms with Crippen molar-refractivity contribution in [1.82, 2.24) is 30.3 Å². The summed E-state index contributed by atoms with van der Waals surface area (Å²) < 4.78 is 7.44. The minimum atomic E-state index is 0.479. The van der Waals surface area contributed by atoms with Gasteiger partial charge in [-0.15, -0.1) is 10.2 Å². The fraction of sp³-hybridized carbons (Fsp3) is 0.857. The second-order valence-corrected chi connectivity index (χ2v) is 8.26. The maximum atomic E-state index is 5.45. The second-order valence-electron chi connectivity index (χ2n) is 8.26. The Balaban J connectivity index is 1.51. The summed E-state index contributed by atoms with van der Waals surface area (Å²) in [7, 11) is 1.99. The number of aryl methyl sites for hydroxylation is 1. The zero-order valence-corrected chi connectivity index (χ0v) is 18.5. The van der Waals surface area contributed by atoms with Crippen LogP contribution in [-0.4, -0.2) is 70.6 Å². The van der Waals surface area contributed by atoms with Crippen LogP contribution in [0.2, 0.25) is 0 Å². The van der Waals surface area contributed by atoms with Gasteiger partial charge in [0.25, 0.3) is 0 Å². The van der Waals surface area contributed by atoms with E-state index >= 15 is 0 Å². The molecule has 1 aromatic rings. The first-order valence-corrected chi connectivity index (χ1v) is 11.4. The van der Waals surface area contributed by atoms with Crippen molar-refractivity contribution in [3.05, 3.63) is 11.6 Å². The van der Waals surface area contributed by atoms with Crippen molar-refractivity contribution in [2.75, 3.05) is 32.8 Å². The lowest BCUT2D eigenvalue weighted by atomic mass is 10.0. The average molecular weight is 406 g/mol. The highest BCUT2D eigenvalue weighted by Gasteiger charge is 2.27. The second kappa shape index (κ2) is 11.5. The zero-order chi connectivity index (χ0) is 20.5. The lowest BCUT2D eigenvalue weighted by Crippen LogP contribution is -2.50. The van der Waals surface area contributed by atoms with Crippen molar-refractivity contribution >= 4 is 5.96 Å². The minimum absolute atomic E-state index is 0.479. The van der Waals surface area contributed by atoms with Gasteiger partial charge in [-0.1, -0.05) is 12.8 Å². The fourth-order valence-corrected chi connectivity index (χ4v) is 4.29. The molecule has 1 aliphatic heterocycles. The summed E-state index contributed by atoms with van der Waals surface area (Å²) >= 11 is 0. The number of piperidine rings is 1. The van der Waals surface area contributed by atoms with Crippen LogP contribution in [-0.2, 0) is 18.3 Å². The number of nitrogens with one attached hydrogen (secondary N) is 2. The van der Waals surface area contributed by atoms with Gasteiger partial charge in [-0.2, -0.15) is 0 Å². The third-order valence-corrected chi connectivity index (χ3v) is 6.23. The summed E-state index contributed by atoms with van der Waals surface area (Å²) in [4.78, 5) is 7.50. The SMILES string of the molecule is CCOCCCNC(=NCc1nnc(C)n1C)NC1CCN(C2CCCC2)CC1. The maximum Gasteiger partial charge on any atom is 0.191 e. The molecule has 0 aromatic carbocycles. The molecule has 2 N–H and O–H groups in total. The lowest BCUT2D eigenvalue weighted by Gasteiger charge is -2.36. The topological polar surface area (TPSA) is 79.6 Å². The number of hydrogen-bond donors (Lipinski definition) is 2. The number of likely N-dealkylation sites (tertiary alicyclic amines) is 1. The molecule has 2 fully saturated rings. The summed E-state index contributed by atoms with van der Waals surface area (Å²) in [6, 6.07) is 1.31. The van der Waals surface area contributed by atoms with Crippen LogP contribution in [0.25, 0.3) is 0 Å². The molecule has 29 heavy (non-hydrogen) atoms. The predicted octanol–water partition coefficient (Wildman–Crippen LogP) is 1.99. The number of hydrogen-bond acceptors (Lipinski definition) is 5. The fourth-order valence-electron chi connectivity index (χ4n) is 4.29. The van der Waals surface area contributed by atoms with Gasteiger partial charge in [0.05, 0.1) is 0 Å². The monoisotopic (exact) mass is 405 g/mol. The Morgan fingerprint density at radius 2 is 1.93 bits per heavy atom. The van der Waals surface area contributed by atoms with Crippen LogP contribution < -0.4 is 10.6 Å². The smallest absolute Gasteiger partial charge is 0.191 e. The first kappa shape index (κ1) is 22.0.